The van der Waals surface area contributed by atoms with E-state index in [4.69, 9.17) is 15.5 Å². The number of nitrogens with one attached hydrogen (secondary N) is 1. The van der Waals surface area contributed by atoms with Gasteiger partial charge in [0, 0.05) is 18.2 Å². The van der Waals surface area contributed by atoms with Crippen LogP contribution in [-0.4, -0.2) is 22.4 Å². The van der Waals surface area contributed by atoms with Gasteiger partial charge in [-0.05, 0) is 49.2 Å². The second-order valence-corrected chi connectivity index (χ2v) is 9.34. The number of amides is 1. The van der Waals surface area contributed by atoms with Gasteiger partial charge in [0.15, 0.2) is 0 Å². The zero-order chi connectivity index (χ0) is 26.8. The number of hydrogen-bond donors (Lipinski definition) is 2. The van der Waals surface area contributed by atoms with Crippen LogP contribution in [0, 0.1) is 6.92 Å². The number of aromatic nitrogens is 3. The minimum absolute atomic E-state index is 0.238. The number of nitrogens with two attached hydrogens (primary N) is 1. The molecule has 0 radical (unpaired) electrons. The molecule has 38 heavy (non-hydrogen) atoms. The number of rotatable bonds is 7. The van der Waals surface area contributed by atoms with E-state index in [0.717, 1.165) is 22.4 Å². The minimum atomic E-state index is -0.354. The normalized spacial score (nSPS) is 12.0. The maximum Gasteiger partial charge on any atom is 0.278 e. The second-order valence-electron chi connectivity index (χ2n) is 9.34. The molecule has 5 rings (SSSR count). The molecule has 0 fully saturated rings. The van der Waals surface area contributed by atoms with Gasteiger partial charge in [-0.15, -0.1) is 0 Å². The van der Waals surface area contributed by atoms with Gasteiger partial charge in [0.2, 0.25) is 11.5 Å². The molecule has 0 unspecified atom stereocenters. The molecule has 0 aliphatic rings. The number of fused-ring (bicyclic) bond motifs is 2. The highest BCUT2D eigenvalue weighted by Crippen LogP contribution is 2.19. The van der Waals surface area contributed by atoms with Crippen LogP contribution in [0.3, 0.4) is 0 Å². The maximum absolute atomic E-state index is 13.6. The van der Waals surface area contributed by atoms with Gasteiger partial charge in [-0.1, -0.05) is 53.5 Å². The molecule has 2 aromatic carbocycles. The molecule has 1 amide bonds. The first-order valence-electron chi connectivity index (χ1n) is 12.5. The lowest BCUT2D eigenvalue weighted by molar-refractivity contribution is -0.658. The zero-order valence-corrected chi connectivity index (χ0v) is 21.6. The quantitative estimate of drug-likeness (QED) is 0.257. The number of carbonyl (C=O) groups is 1. The van der Waals surface area contributed by atoms with Crippen LogP contribution >= 0.6 is 0 Å². The van der Waals surface area contributed by atoms with Gasteiger partial charge >= 0.3 is 0 Å². The van der Waals surface area contributed by atoms with E-state index < -0.39 is 0 Å². The van der Waals surface area contributed by atoms with Crippen molar-refractivity contribution >= 4 is 28.4 Å². The van der Waals surface area contributed by atoms with Gasteiger partial charge in [0.1, 0.15) is 16.7 Å². The Morgan fingerprint density at radius 3 is 2.55 bits per heavy atom. The number of carbonyl (C=O) groups excluding carboxylic acids is 1. The van der Waals surface area contributed by atoms with Gasteiger partial charge in [-0.25, -0.2) is 4.57 Å². The van der Waals surface area contributed by atoms with Crippen molar-refractivity contribution in [1.29, 1.82) is 0 Å². The van der Waals surface area contributed by atoms with E-state index in [1.54, 1.807) is 30.0 Å². The fourth-order valence-corrected chi connectivity index (χ4v) is 4.65. The van der Waals surface area contributed by atoms with Crippen LogP contribution < -0.4 is 25.9 Å². The Morgan fingerprint density at radius 2 is 1.84 bits per heavy atom. The first kappa shape index (κ1) is 25.0. The van der Waals surface area contributed by atoms with Crippen LogP contribution in [0.1, 0.15) is 40.0 Å². The molecule has 1 atom stereocenters. The summed E-state index contributed by atoms with van der Waals surface area (Å²) in [4.78, 5) is 31.9. The van der Waals surface area contributed by atoms with E-state index >= 15 is 0 Å². The van der Waals surface area contributed by atoms with Crippen LogP contribution in [0.15, 0.2) is 83.8 Å². The third-order valence-corrected chi connectivity index (χ3v) is 6.85. The first-order chi connectivity index (χ1) is 18.4. The Kier molecular flexibility index (Phi) is 6.79. The number of methoxy groups -OCH3 is 1. The molecule has 8 heteroatoms. The van der Waals surface area contributed by atoms with E-state index in [-0.39, 0.29) is 28.9 Å². The zero-order valence-electron chi connectivity index (χ0n) is 21.6. The minimum Gasteiger partial charge on any atom is -0.497 e. The molecular formula is C30H30N5O3+. The van der Waals surface area contributed by atoms with E-state index in [9.17, 15) is 9.59 Å². The Hall–Kier alpha value is -4.72. The Labute approximate surface area is 220 Å². The predicted molar refractivity (Wildman–Crippen MR) is 147 cm³/mol. The maximum atomic E-state index is 13.6. The fraction of sp³-hybridized carbons (Fsp3) is 0.200. The molecule has 0 bridgehead atoms. The average molecular weight is 509 g/mol. The Morgan fingerprint density at radius 1 is 1.11 bits per heavy atom. The summed E-state index contributed by atoms with van der Waals surface area (Å²) in [6.45, 7) is 4.25. The number of pyridine rings is 2. The largest absolute Gasteiger partial charge is 0.497 e. The summed E-state index contributed by atoms with van der Waals surface area (Å²) in [5.41, 5.74) is 10.5. The smallest absolute Gasteiger partial charge is 0.278 e. The summed E-state index contributed by atoms with van der Waals surface area (Å²) >= 11 is 0. The molecule has 0 saturated heterocycles. The second kappa shape index (κ2) is 10.3. The summed E-state index contributed by atoms with van der Waals surface area (Å²) in [6, 6.07) is 22.5. The van der Waals surface area contributed by atoms with Crippen LogP contribution in [0.5, 0.6) is 5.75 Å². The summed E-state index contributed by atoms with van der Waals surface area (Å²) in [7, 11) is 1.63. The van der Waals surface area contributed by atoms with E-state index in [1.807, 2.05) is 74.5 Å². The van der Waals surface area contributed by atoms with E-state index in [2.05, 4.69) is 5.32 Å². The predicted octanol–water partition coefficient (Wildman–Crippen LogP) is 3.77. The topological polar surface area (TPSA) is 103 Å². The summed E-state index contributed by atoms with van der Waals surface area (Å²) in [5, 5.41) is 3.35. The van der Waals surface area contributed by atoms with Crippen molar-refractivity contribution < 1.29 is 14.1 Å². The third kappa shape index (κ3) is 4.68. The molecule has 3 N–H and O–H groups in total. The molecular weight excluding hydrogens is 478 g/mol. The SMILES string of the molecule is COc1ccc(CC[n+]2c(N)c(C(=O)N[C@@H](C)c3ccccc3)cc3c(=O)n4cccc(C)c4nc32)cc1. The number of benzene rings is 2. The van der Waals surface area contributed by atoms with Gasteiger partial charge < -0.3 is 15.8 Å². The van der Waals surface area contributed by atoms with Crippen molar-refractivity contribution in [3.8, 4) is 5.75 Å². The van der Waals surface area contributed by atoms with Gasteiger partial charge in [0.25, 0.3) is 17.1 Å². The first-order valence-corrected chi connectivity index (χ1v) is 12.5. The summed E-state index contributed by atoms with van der Waals surface area (Å²) in [5.74, 6) is 0.676. The van der Waals surface area contributed by atoms with Crippen LogP contribution in [-0.2, 0) is 13.0 Å². The van der Waals surface area contributed by atoms with E-state index in [1.165, 1.54) is 4.40 Å². The van der Waals surface area contributed by atoms with Crippen molar-refractivity contribution in [2.45, 2.75) is 32.9 Å². The van der Waals surface area contributed by atoms with Crippen LogP contribution in [0.25, 0.3) is 16.7 Å². The molecule has 3 heterocycles. The number of hydrogen-bond acceptors (Lipinski definition) is 5. The van der Waals surface area contributed by atoms with Crippen molar-refractivity contribution in [2.75, 3.05) is 12.8 Å². The van der Waals surface area contributed by atoms with Crippen molar-refractivity contribution in [3.05, 3.63) is 112 Å². The Balaban J connectivity index is 1.62. The molecule has 0 aliphatic heterocycles. The van der Waals surface area contributed by atoms with Crippen LogP contribution in [0.2, 0.25) is 0 Å². The van der Waals surface area contributed by atoms with Gasteiger partial charge in [0.05, 0.1) is 19.7 Å². The molecule has 3 aromatic heterocycles. The van der Waals surface area contributed by atoms with Crippen molar-refractivity contribution in [2.24, 2.45) is 0 Å². The lowest BCUT2D eigenvalue weighted by Gasteiger charge is -2.16. The molecule has 0 aliphatic carbocycles. The molecule has 5 aromatic rings. The van der Waals surface area contributed by atoms with Crippen molar-refractivity contribution in [3.63, 3.8) is 0 Å². The Bertz CT molecular complexity index is 1700. The highest BCUT2D eigenvalue weighted by molar-refractivity contribution is 6.00. The van der Waals surface area contributed by atoms with Gasteiger partial charge in [-0.3, -0.25) is 14.0 Å². The number of anilines is 1. The standard InChI is InChI=1S/C30H29N5O3/c1-19-8-7-16-35-27(19)33-28-25(30(35)37)18-24(29(36)32-20(2)22-9-5-4-6-10-22)26(31)34(28)17-15-21-11-13-23(38-3)14-12-21/h4-14,16,18,20,31H,15,17H2,1-3H3,(H,32,36)/p+1/t20-/m0/s1. The molecule has 0 saturated carbocycles. The highest BCUT2D eigenvalue weighted by atomic mass is 16.5. The van der Waals surface area contributed by atoms with Gasteiger partial charge in [-0.2, -0.15) is 0 Å². The number of ether oxygens (including phenoxy) is 1. The van der Waals surface area contributed by atoms with Crippen molar-refractivity contribution in [1.82, 2.24) is 14.7 Å². The lowest BCUT2D eigenvalue weighted by atomic mass is 10.1. The lowest BCUT2D eigenvalue weighted by Crippen LogP contribution is -2.43. The molecule has 192 valence electrons. The summed E-state index contributed by atoms with van der Waals surface area (Å²) in [6.07, 6.45) is 2.31. The molecule has 0 spiro atoms. The average Bonchev–Trinajstić information content (AvgIpc) is 2.94. The molecule has 8 nitrogen and oxygen atoms in total. The number of nitrogen functional groups attached to an aromatic ring is 1. The number of nitrogens with zero attached hydrogens (tertiary/aromatic N) is 3. The summed E-state index contributed by atoms with van der Waals surface area (Å²) < 4.78 is 8.55. The fourth-order valence-electron chi connectivity index (χ4n) is 4.65. The van der Waals surface area contributed by atoms with Crippen LogP contribution in [0.4, 0.5) is 5.82 Å². The number of aryl methyl sites for hydroxylation is 3. The van der Waals surface area contributed by atoms with E-state index in [0.29, 0.717) is 29.6 Å². The highest BCUT2D eigenvalue weighted by Gasteiger charge is 2.25. The third-order valence-electron chi connectivity index (χ3n) is 6.85. The monoisotopic (exact) mass is 508 g/mol.